The number of nitrogens with one attached hydrogen (secondary N) is 2. The summed E-state index contributed by atoms with van der Waals surface area (Å²) in [6.07, 6.45) is 5.79. The van der Waals surface area contributed by atoms with Gasteiger partial charge in [0.25, 0.3) is 10.2 Å². The predicted octanol–water partition coefficient (Wildman–Crippen LogP) is 3.64. The summed E-state index contributed by atoms with van der Waals surface area (Å²) in [5.74, 6) is 1.68. The first-order valence-corrected chi connectivity index (χ1v) is 13.3. The van der Waals surface area contributed by atoms with E-state index in [0.717, 1.165) is 68.7 Å². The molecule has 33 heavy (non-hydrogen) atoms. The van der Waals surface area contributed by atoms with Gasteiger partial charge in [-0.25, -0.2) is 9.86 Å². The second kappa shape index (κ2) is 11.8. The van der Waals surface area contributed by atoms with Crippen LogP contribution in [0.15, 0.2) is 48.5 Å². The Labute approximate surface area is 198 Å². The lowest BCUT2D eigenvalue weighted by molar-refractivity contribution is 0.245. The Hall–Kier alpha value is -2.13. The van der Waals surface area contributed by atoms with Crippen molar-refractivity contribution in [2.24, 2.45) is 5.14 Å². The number of unbranched alkanes of at least 4 members (excludes halogenated alkanes) is 1. The number of rotatable bonds is 12. The zero-order chi connectivity index (χ0) is 23.7. The van der Waals surface area contributed by atoms with Crippen LogP contribution < -0.4 is 24.7 Å². The molecule has 2 aromatic carbocycles. The highest BCUT2D eigenvalue weighted by molar-refractivity contribution is 7.87. The fourth-order valence-electron chi connectivity index (χ4n) is 4.43. The molecule has 0 aromatic heterocycles. The maximum atomic E-state index is 11.6. The smallest absolute Gasteiger partial charge is 0.274 e. The van der Waals surface area contributed by atoms with Crippen molar-refractivity contribution in [3.05, 3.63) is 59.7 Å². The van der Waals surface area contributed by atoms with E-state index in [2.05, 4.69) is 29.1 Å². The number of hydrogen-bond donors (Lipinski definition) is 3. The van der Waals surface area contributed by atoms with E-state index in [1.807, 2.05) is 36.4 Å². The van der Waals surface area contributed by atoms with E-state index < -0.39 is 10.2 Å². The first kappa shape index (κ1) is 25.5. The van der Waals surface area contributed by atoms with E-state index in [4.69, 9.17) is 14.6 Å². The Kier molecular flexibility index (Phi) is 9.14. The molecule has 0 spiro atoms. The topological polar surface area (TPSA) is 103 Å². The van der Waals surface area contributed by atoms with E-state index in [-0.39, 0.29) is 12.0 Å². The Morgan fingerprint density at radius 1 is 1.09 bits per heavy atom. The van der Waals surface area contributed by atoms with Crippen molar-refractivity contribution in [1.82, 2.24) is 10.0 Å². The molecule has 7 nitrogen and oxygen atoms in total. The van der Waals surface area contributed by atoms with Gasteiger partial charge in [-0.3, -0.25) is 0 Å². The minimum absolute atomic E-state index is 0.283. The largest absolute Gasteiger partial charge is 0.497 e. The zero-order valence-electron chi connectivity index (χ0n) is 19.7. The van der Waals surface area contributed by atoms with Crippen LogP contribution in [0.5, 0.6) is 11.5 Å². The van der Waals surface area contributed by atoms with Crippen LogP contribution in [-0.4, -0.2) is 34.7 Å². The van der Waals surface area contributed by atoms with Crippen LogP contribution in [0.4, 0.5) is 0 Å². The Balaban J connectivity index is 1.59. The average molecular weight is 476 g/mol. The van der Waals surface area contributed by atoms with Gasteiger partial charge in [-0.2, -0.15) is 8.42 Å². The standard InChI is InChI=1S/C25H37N3O4S/c1-3-4-16-32-23-10-8-20(9-11-23)18-27-22-12-14-25(15-13-22,19-28-33(26,29)30)21-6-5-7-24(17-21)31-2/h5-11,17,22,27-28H,3-4,12-16,18-19H2,1-2H3,(H2,26,29,30)/t22-,25-. The van der Waals surface area contributed by atoms with Crippen molar-refractivity contribution in [3.8, 4) is 11.5 Å². The van der Waals surface area contributed by atoms with Gasteiger partial charge in [-0.05, 0) is 67.5 Å². The van der Waals surface area contributed by atoms with Gasteiger partial charge in [0.2, 0.25) is 0 Å². The third-order valence-corrected chi connectivity index (χ3v) is 7.07. The van der Waals surface area contributed by atoms with Crippen LogP contribution in [0.1, 0.15) is 56.6 Å². The predicted molar refractivity (Wildman–Crippen MR) is 132 cm³/mol. The van der Waals surface area contributed by atoms with Gasteiger partial charge >= 0.3 is 0 Å². The molecule has 0 saturated heterocycles. The molecule has 182 valence electrons. The summed E-state index contributed by atoms with van der Waals surface area (Å²) in [4.78, 5) is 0. The van der Waals surface area contributed by atoms with Crippen LogP contribution in [0, 0.1) is 0 Å². The van der Waals surface area contributed by atoms with Crippen molar-refractivity contribution in [2.75, 3.05) is 20.3 Å². The van der Waals surface area contributed by atoms with Gasteiger partial charge in [0.15, 0.2) is 0 Å². The Bertz CT molecular complexity index is 971. The molecule has 1 aliphatic carbocycles. The molecule has 0 unspecified atom stereocenters. The lowest BCUT2D eigenvalue weighted by atomic mass is 9.68. The Morgan fingerprint density at radius 3 is 2.45 bits per heavy atom. The first-order valence-electron chi connectivity index (χ1n) is 11.7. The number of benzene rings is 2. The molecule has 0 atom stereocenters. The monoisotopic (exact) mass is 475 g/mol. The van der Waals surface area contributed by atoms with Crippen LogP contribution in [0.25, 0.3) is 0 Å². The van der Waals surface area contributed by atoms with Crippen molar-refractivity contribution >= 4 is 10.2 Å². The summed E-state index contributed by atoms with van der Waals surface area (Å²) >= 11 is 0. The fourth-order valence-corrected chi connectivity index (χ4v) is 4.91. The fraction of sp³-hybridized carbons (Fsp3) is 0.520. The van der Waals surface area contributed by atoms with Crippen molar-refractivity contribution in [2.45, 2.75) is 63.5 Å². The van der Waals surface area contributed by atoms with Gasteiger partial charge in [0, 0.05) is 24.5 Å². The van der Waals surface area contributed by atoms with Gasteiger partial charge < -0.3 is 14.8 Å². The third kappa shape index (κ3) is 7.71. The molecule has 0 heterocycles. The van der Waals surface area contributed by atoms with E-state index in [9.17, 15) is 8.42 Å². The average Bonchev–Trinajstić information content (AvgIpc) is 2.83. The van der Waals surface area contributed by atoms with Crippen molar-refractivity contribution in [1.29, 1.82) is 0 Å². The van der Waals surface area contributed by atoms with Crippen LogP contribution in [0.2, 0.25) is 0 Å². The van der Waals surface area contributed by atoms with E-state index in [1.54, 1.807) is 7.11 Å². The molecule has 8 heteroatoms. The van der Waals surface area contributed by atoms with Gasteiger partial charge in [-0.15, -0.1) is 0 Å². The maximum absolute atomic E-state index is 11.6. The lowest BCUT2D eigenvalue weighted by Crippen LogP contribution is -2.47. The highest BCUT2D eigenvalue weighted by Gasteiger charge is 2.37. The van der Waals surface area contributed by atoms with Gasteiger partial charge in [0.1, 0.15) is 11.5 Å². The van der Waals surface area contributed by atoms with E-state index in [1.165, 1.54) is 5.56 Å². The Morgan fingerprint density at radius 2 is 1.82 bits per heavy atom. The molecular formula is C25H37N3O4S. The molecule has 0 aliphatic heterocycles. The SMILES string of the molecule is CCCCOc1ccc(CN[C@H]2CC[C@](CNS(N)(=O)=O)(c3cccc(OC)c3)CC2)cc1. The number of methoxy groups -OCH3 is 1. The minimum Gasteiger partial charge on any atom is -0.497 e. The van der Waals surface area contributed by atoms with Crippen LogP contribution in [0.3, 0.4) is 0 Å². The third-order valence-electron chi connectivity index (χ3n) is 6.52. The second-order valence-electron chi connectivity index (χ2n) is 8.88. The van der Waals surface area contributed by atoms with Crippen molar-refractivity contribution in [3.63, 3.8) is 0 Å². The second-order valence-corrected chi connectivity index (χ2v) is 10.3. The summed E-state index contributed by atoms with van der Waals surface area (Å²) in [7, 11) is -2.13. The number of nitrogens with two attached hydrogens (primary N) is 1. The molecule has 0 bridgehead atoms. The number of ether oxygens (including phenoxy) is 2. The van der Waals surface area contributed by atoms with Crippen molar-refractivity contribution < 1.29 is 17.9 Å². The molecule has 4 N–H and O–H groups in total. The van der Waals surface area contributed by atoms with Gasteiger partial charge in [0.05, 0.1) is 13.7 Å². The van der Waals surface area contributed by atoms with Gasteiger partial charge in [-0.1, -0.05) is 37.6 Å². The van der Waals surface area contributed by atoms with Crippen LogP contribution in [-0.2, 0) is 22.2 Å². The molecule has 0 radical (unpaired) electrons. The summed E-state index contributed by atoms with van der Waals surface area (Å²) in [5, 5.41) is 8.91. The maximum Gasteiger partial charge on any atom is 0.274 e. The summed E-state index contributed by atoms with van der Waals surface area (Å²) in [6.45, 7) is 3.99. The van der Waals surface area contributed by atoms with Crippen LogP contribution >= 0.6 is 0 Å². The quantitative estimate of drug-likeness (QED) is 0.407. The normalized spacial score (nSPS) is 21.0. The molecule has 3 rings (SSSR count). The highest BCUT2D eigenvalue weighted by Crippen LogP contribution is 2.40. The minimum atomic E-state index is -3.76. The summed E-state index contributed by atoms with van der Waals surface area (Å²) in [5.41, 5.74) is 1.99. The highest BCUT2D eigenvalue weighted by atomic mass is 32.2. The summed E-state index contributed by atoms with van der Waals surface area (Å²) in [6, 6.07) is 16.5. The molecule has 0 amide bonds. The lowest BCUT2D eigenvalue weighted by Gasteiger charge is -2.41. The number of hydrogen-bond acceptors (Lipinski definition) is 5. The van der Waals surface area contributed by atoms with E-state index in [0.29, 0.717) is 6.04 Å². The molecule has 1 saturated carbocycles. The molecule has 1 fully saturated rings. The van der Waals surface area contributed by atoms with E-state index >= 15 is 0 Å². The first-order chi connectivity index (χ1) is 15.8. The zero-order valence-corrected chi connectivity index (χ0v) is 20.5. The summed E-state index contributed by atoms with van der Waals surface area (Å²) < 4.78 is 36.9. The molecule has 2 aromatic rings. The molecule has 1 aliphatic rings. The molecular weight excluding hydrogens is 438 g/mol.